The molecule has 5 rings (SSSR count). The summed E-state index contributed by atoms with van der Waals surface area (Å²) in [6.45, 7) is 2.08. The van der Waals surface area contributed by atoms with Gasteiger partial charge in [0.05, 0.1) is 0 Å². The first-order valence-corrected chi connectivity index (χ1v) is 7.90. The predicted molar refractivity (Wildman–Crippen MR) is 93.6 cm³/mol. The van der Waals surface area contributed by atoms with E-state index in [4.69, 9.17) is 0 Å². The molecule has 0 radical (unpaired) electrons. The lowest BCUT2D eigenvalue weighted by Crippen LogP contribution is -2.15. The van der Waals surface area contributed by atoms with E-state index < -0.39 is 12.2 Å². The fraction of sp³-hybridized carbons (Fsp3) is 0.143. The Kier molecular flexibility index (Phi) is 2.45. The Balaban J connectivity index is 2.15. The first kappa shape index (κ1) is 13.1. The number of aliphatic hydroxyl groups is 2. The van der Waals surface area contributed by atoms with Crippen LogP contribution >= 0.6 is 0 Å². The van der Waals surface area contributed by atoms with Crippen LogP contribution < -0.4 is 0 Å². The zero-order valence-corrected chi connectivity index (χ0v) is 12.7. The number of fused-ring (bicyclic) bond motifs is 2. The van der Waals surface area contributed by atoms with Gasteiger partial charge in [0.2, 0.25) is 0 Å². The van der Waals surface area contributed by atoms with E-state index >= 15 is 0 Å². The highest BCUT2D eigenvalue weighted by Gasteiger charge is 2.30. The summed E-state index contributed by atoms with van der Waals surface area (Å²) in [5, 5.41) is 28.0. The molecule has 2 heteroatoms. The second kappa shape index (κ2) is 4.31. The molecule has 112 valence electrons. The summed E-state index contributed by atoms with van der Waals surface area (Å²) in [7, 11) is 0. The van der Waals surface area contributed by atoms with Crippen LogP contribution in [0.1, 0.15) is 28.9 Å². The van der Waals surface area contributed by atoms with Crippen LogP contribution in [0.15, 0.2) is 54.6 Å². The zero-order chi connectivity index (χ0) is 15.7. The van der Waals surface area contributed by atoms with E-state index in [0.29, 0.717) is 0 Å². The van der Waals surface area contributed by atoms with Crippen molar-refractivity contribution in [1.82, 2.24) is 0 Å². The molecule has 0 fully saturated rings. The average molecular weight is 300 g/mol. The SMILES string of the molecule is Cc1cccc2c1cc1c3c2ccc2cccc(c23)[C@H](O)[C@H]1O. The molecule has 0 saturated heterocycles. The maximum absolute atomic E-state index is 10.7. The first-order valence-electron chi connectivity index (χ1n) is 7.90. The molecule has 0 unspecified atom stereocenters. The maximum atomic E-state index is 10.7. The van der Waals surface area contributed by atoms with Crippen molar-refractivity contribution in [2.75, 3.05) is 0 Å². The highest BCUT2D eigenvalue weighted by atomic mass is 16.3. The van der Waals surface area contributed by atoms with Gasteiger partial charge in [0.25, 0.3) is 0 Å². The number of benzene rings is 4. The van der Waals surface area contributed by atoms with E-state index in [1.807, 2.05) is 12.1 Å². The van der Waals surface area contributed by atoms with Crippen molar-refractivity contribution in [3.8, 4) is 0 Å². The largest absolute Gasteiger partial charge is 0.385 e. The van der Waals surface area contributed by atoms with Crippen LogP contribution in [0.4, 0.5) is 0 Å². The van der Waals surface area contributed by atoms with Gasteiger partial charge >= 0.3 is 0 Å². The third-order valence-electron chi connectivity index (χ3n) is 5.22. The molecule has 1 aliphatic carbocycles. The molecule has 2 atom stereocenters. The Morgan fingerprint density at radius 1 is 0.696 bits per heavy atom. The van der Waals surface area contributed by atoms with Gasteiger partial charge in [-0.3, -0.25) is 0 Å². The summed E-state index contributed by atoms with van der Waals surface area (Å²) in [6, 6.07) is 18.5. The van der Waals surface area contributed by atoms with Gasteiger partial charge in [0.1, 0.15) is 12.2 Å². The van der Waals surface area contributed by atoms with Crippen molar-refractivity contribution in [2.24, 2.45) is 0 Å². The minimum atomic E-state index is -0.887. The van der Waals surface area contributed by atoms with Crippen LogP contribution in [0, 0.1) is 6.92 Å². The molecule has 0 saturated carbocycles. The molecular weight excluding hydrogens is 284 g/mol. The molecule has 0 amide bonds. The van der Waals surface area contributed by atoms with Gasteiger partial charge in [0, 0.05) is 0 Å². The van der Waals surface area contributed by atoms with Gasteiger partial charge in [-0.15, -0.1) is 0 Å². The topological polar surface area (TPSA) is 40.5 Å². The smallest absolute Gasteiger partial charge is 0.110 e. The Morgan fingerprint density at radius 3 is 2.35 bits per heavy atom. The van der Waals surface area contributed by atoms with Gasteiger partial charge in [-0.05, 0) is 62.0 Å². The number of aryl methyl sites for hydroxylation is 1. The summed E-state index contributed by atoms with van der Waals surface area (Å²) in [4.78, 5) is 0. The summed E-state index contributed by atoms with van der Waals surface area (Å²) >= 11 is 0. The van der Waals surface area contributed by atoms with Crippen molar-refractivity contribution in [3.63, 3.8) is 0 Å². The molecule has 2 N–H and O–H groups in total. The summed E-state index contributed by atoms with van der Waals surface area (Å²) < 4.78 is 0. The van der Waals surface area contributed by atoms with E-state index in [2.05, 4.69) is 49.4 Å². The van der Waals surface area contributed by atoms with E-state index in [9.17, 15) is 10.2 Å². The number of hydrogen-bond donors (Lipinski definition) is 2. The van der Waals surface area contributed by atoms with Crippen LogP contribution in [0.2, 0.25) is 0 Å². The van der Waals surface area contributed by atoms with Crippen molar-refractivity contribution in [3.05, 3.63) is 71.3 Å². The van der Waals surface area contributed by atoms with E-state index in [1.165, 1.54) is 10.9 Å². The Hall–Kier alpha value is -2.42. The summed E-state index contributed by atoms with van der Waals surface area (Å²) in [5.74, 6) is 0. The van der Waals surface area contributed by atoms with Crippen molar-refractivity contribution >= 4 is 32.3 Å². The Bertz CT molecular complexity index is 1110. The third-order valence-corrected chi connectivity index (χ3v) is 5.22. The lowest BCUT2D eigenvalue weighted by Gasteiger charge is -2.28. The quantitative estimate of drug-likeness (QED) is 0.468. The molecule has 4 aromatic carbocycles. The van der Waals surface area contributed by atoms with Crippen molar-refractivity contribution in [1.29, 1.82) is 0 Å². The van der Waals surface area contributed by atoms with Gasteiger partial charge in [0.15, 0.2) is 0 Å². The first-order chi connectivity index (χ1) is 11.2. The fourth-order valence-electron chi connectivity index (χ4n) is 4.09. The average Bonchev–Trinajstić information content (AvgIpc) is 2.58. The summed E-state index contributed by atoms with van der Waals surface area (Å²) in [5.41, 5.74) is 2.83. The zero-order valence-electron chi connectivity index (χ0n) is 12.7. The Morgan fingerprint density at radius 2 is 1.48 bits per heavy atom. The minimum Gasteiger partial charge on any atom is -0.385 e. The molecule has 0 aliphatic heterocycles. The molecule has 4 aromatic rings. The standard InChI is InChI=1S/C21H16O2/c1-11-4-2-6-13-14-9-8-12-5-3-7-15-18(12)19(14)17(10-16(11)13)21(23)20(15)22/h2-10,20-23H,1H3/t20-,21-/m0/s1. The van der Waals surface area contributed by atoms with Crippen LogP contribution in [0.3, 0.4) is 0 Å². The van der Waals surface area contributed by atoms with Crippen LogP contribution in [-0.4, -0.2) is 10.2 Å². The molecule has 1 aliphatic rings. The Labute approximate surface area is 133 Å². The third kappa shape index (κ3) is 1.55. The molecule has 0 bridgehead atoms. The van der Waals surface area contributed by atoms with Gasteiger partial charge in [-0.2, -0.15) is 0 Å². The predicted octanol–water partition coefficient (Wildman–Crippen LogP) is 4.54. The second-order valence-electron chi connectivity index (χ2n) is 6.46. The number of hydrogen-bond acceptors (Lipinski definition) is 2. The van der Waals surface area contributed by atoms with Gasteiger partial charge < -0.3 is 10.2 Å². The lowest BCUT2D eigenvalue weighted by molar-refractivity contribution is 0.0179. The van der Waals surface area contributed by atoms with Gasteiger partial charge in [-0.25, -0.2) is 0 Å². The molecule has 0 heterocycles. The van der Waals surface area contributed by atoms with E-state index in [1.54, 1.807) is 0 Å². The molecule has 0 spiro atoms. The number of aliphatic hydroxyl groups excluding tert-OH is 2. The molecule has 2 nitrogen and oxygen atoms in total. The van der Waals surface area contributed by atoms with Crippen LogP contribution in [0.25, 0.3) is 32.3 Å². The van der Waals surface area contributed by atoms with E-state index in [-0.39, 0.29) is 0 Å². The fourth-order valence-corrected chi connectivity index (χ4v) is 4.09. The molecule has 23 heavy (non-hydrogen) atoms. The minimum absolute atomic E-state index is 0.820. The highest BCUT2D eigenvalue weighted by Crippen LogP contribution is 2.47. The van der Waals surface area contributed by atoms with Crippen LogP contribution in [0.5, 0.6) is 0 Å². The normalized spacial score (nSPS) is 20.0. The van der Waals surface area contributed by atoms with Gasteiger partial charge in [-0.1, -0.05) is 48.5 Å². The van der Waals surface area contributed by atoms with Crippen LogP contribution in [-0.2, 0) is 0 Å². The van der Waals surface area contributed by atoms with E-state index in [0.717, 1.165) is 38.1 Å². The van der Waals surface area contributed by atoms with Crippen molar-refractivity contribution in [2.45, 2.75) is 19.1 Å². The molecule has 0 aromatic heterocycles. The molecular formula is C21H16O2. The highest BCUT2D eigenvalue weighted by molar-refractivity contribution is 6.20. The lowest BCUT2D eigenvalue weighted by atomic mass is 9.81. The maximum Gasteiger partial charge on any atom is 0.110 e. The van der Waals surface area contributed by atoms with Crippen molar-refractivity contribution < 1.29 is 10.2 Å². The second-order valence-corrected chi connectivity index (χ2v) is 6.46. The number of rotatable bonds is 0. The summed E-state index contributed by atoms with van der Waals surface area (Å²) in [6.07, 6.45) is -1.76. The monoisotopic (exact) mass is 300 g/mol.